The molecule has 1 saturated carbocycles. The van der Waals surface area contributed by atoms with Gasteiger partial charge < -0.3 is 20.9 Å². The van der Waals surface area contributed by atoms with Gasteiger partial charge in [-0.25, -0.2) is 9.59 Å². The molecule has 1 saturated heterocycles. The summed E-state index contributed by atoms with van der Waals surface area (Å²) in [5, 5.41) is 8.44. The third kappa shape index (κ3) is 8.01. The lowest BCUT2D eigenvalue weighted by molar-refractivity contribution is -0.300. The number of carbonyl (C=O) groups is 5. The summed E-state index contributed by atoms with van der Waals surface area (Å²) in [4.78, 5) is 65.9. The molecule has 4 unspecified atom stereocenters. The summed E-state index contributed by atoms with van der Waals surface area (Å²) in [7, 11) is 0. The second kappa shape index (κ2) is 11.3. The maximum Gasteiger partial charge on any atom is 0.379 e. The second-order valence-electron chi connectivity index (χ2n) is 12.8. The number of hydrogen-bond donors (Lipinski definition) is 4. The van der Waals surface area contributed by atoms with Crippen molar-refractivity contribution in [2.45, 2.75) is 105 Å². The van der Waals surface area contributed by atoms with Gasteiger partial charge in [0, 0.05) is 12.1 Å². The summed E-state index contributed by atoms with van der Waals surface area (Å²) in [6.07, 6.45) is 2.95. The van der Waals surface area contributed by atoms with Gasteiger partial charge in [-0.1, -0.05) is 47.5 Å². The smallest absolute Gasteiger partial charge is 0.344 e. The molecule has 2 fully saturated rings. The number of hydrogen-bond acceptors (Lipinski definition) is 5. The van der Waals surface area contributed by atoms with Gasteiger partial charge in [-0.3, -0.25) is 20.1 Å². The molecule has 1 aliphatic carbocycles. The topological polar surface area (TPSA) is 152 Å². The first-order valence-electron chi connectivity index (χ1n) is 13.0. The maximum absolute atomic E-state index is 13.9. The van der Waals surface area contributed by atoms with Crippen LogP contribution >= 0.6 is 0 Å². The number of quaternary nitrogens is 1. The average molecular weight is 509 g/mol. The fraction of sp³-hybridized carbons (Fsp3) is 0.808. The van der Waals surface area contributed by atoms with E-state index in [0.717, 1.165) is 12.8 Å². The number of nitrogens with zero attached hydrogens (tertiary/aromatic N) is 1. The Morgan fingerprint density at radius 2 is 1.53 bits per heavy atom. The monoisotopic (exact) mass is 508 g/mol. The Morgan fingerprint density at radius 3 is 1.97 bits per heavy atom. The maximum atomic E-state index is 13.9. The Morgan fingerprint density at radius 1 is 0.944 bits per heavy atom. The summed E-state index contributed by atoms with van der Waals surface area (Å²) in [5.74, 6) is -2.03. The van der Waals surface area contributed by atoms with Crippen LogP contribution < -0.4 is 21.7 Å². The van der Waals surface area contributed by atoms with Crippen LogP contribution in [0.25, 0.3) is 0 Å². The van der Waals surface area contributed by atoms with Crippen molar-refractivity contribution >= 4 is 29.5 Å². The third-order valence-electron chi connectivity index (χ3n) is 6.90. The lowest BCUT2D eigenvalue weighted by Crippen LogP contribution is -2.66. The van der Waals surface area contributed by atoms with Crippen molar-refractivity contribution < 1.29 is 29.7 Å². The first-order chi connectivity index (χ1) is 16.4. The van der Waals surface area contributed by atoms with Crippen molar-refractivity contribution in [3.8, 4) is 0 Å². The second-order valence-corrected chi connectivity index (χ2v) is 12.8. The molecule has 2 rings (SSSR count). The number of carbonyl (C=O) groups excluding carboxylic acids is 5. The lowest BCUT2D eigenvalue weighted by atomic mass is 9.84. The van der Waals surface area contributed by atoms with Crippen molar-refractivity contribution in [2.24, 2.45) is 23.2 Å². The van der Waals surface area contributed by atoms with E-state index in [1.165, 1.54) is 4.90 Å². The van der Waals surface area contributed by atoms with Crippen LogP contribution in [0.2, 0.25) is 0 Å². The number of Topliss-reactive ketones (excluding diaryl/α,β-unsaturated/α-hetero) is 1. The molecule has 0 aromatic carbocycles. The minimum atomic E-state index is -0.936. The number of ketones is 1. The van der Waals surface area contributed by atoms with Crippen LogP contribution in [-0.2, 0) is 19.2 Å². The summed E-state index contributed by atoms with van der Waals surface area (Å²) >= 11 is 0. The first-order valence-corrected chi connectivity index (χ1v) is 13.0. The zero-order chi connectivity index (χ0) is 27.6. The van der Waals surface area contributed by atoms with Crippen LogP contribution in [-0.4, -0.2) is 64.6 Å². The van der Waals surface area contributed by atoms with E-state index in [-0.39, 0.29) is 17.7 Å². The minimum Gasteiger partial charge on any atom is -0.344 e. The predicted octanol–water partition coefficient (Wildman–Crippen LogP) is 0.994. The number of rotatable bonds is 9. The van der Waals surface area contributed by atoms with Crippen LogP contribution in [0.15, 0.2) is 0 Å². The van der Waals surface area contributed by atoms with Crippen molar-refractivity contribution in [1.82, 2.24) is 20.9 Å². The molecule has 4 atom stereocenters. The molecular formula is C26H46N5O5+. The van der Waals surface area contributed by atoms with Crippen molar-refractivity contribution in [2.75, 3.05) is 6.54 Å². The number of likely N-dealkylation sites (tertiary alicyclic amines) is 1. The van der Waals surface area contributed by atoms with E-state index in [4.69, 9.17) is 0 Å². The minimum absolute atomic E-state index is 0.107. The molecule has 5 amide bonds. The molecule has 0 spiro atoms. The summed E-state index contributed by atoms with van der Waals surface area (Å²) in [6.45, 7) is 15.5. The first kappa shape index (κ1) is 29.7. The molecule has 6 N–H and O–H groups in total. The fourth-order valence-electron chi connectivity index (χ4n) is 4.79. The Labute approximate surface area is 214 Å². The molecule has 1 heterocycles. The van der Waals surface area contributed by atoms with E-state index in [9.17, 15) is 24.0 Å². The van der Waals surface area contributed by atoms with Gasteiger partial charge in [0.05, 0.1) is 0 Å². The highest BCUT2D eigenvalue weighted by Crippen LogP contribution is 2.35. The Kier molecular flexibility index (Phi) is 9.31. The highest BCUT2D eigenvalue weighted by molar-refractivity contribution is 6.34. The summed E-state index contributed by atoms with van der Waals surface area (Å²) in [5.41, 5.74) is 2.13. The predicted molar refractivity (Wildman–Crippen MR) is 135 cm³/mol. The van der Waals surface area contributed by atoms with Crippen LogP contribution in [0.3, 0.4) is 0 Å². The van der Waals surface area contributed by atoms with Gasteiger partial charge >= 0.3 is 11.9 Å². The Hall–Kier alpha value is -2.49. The van der Waals surface area contributed by atoms with Crippen LogP contribution in [0.1, 0.15) is 81.1 Å². The lowest BCUT2D eigenvalue weighted by Gasteiger charge is -2.37. The molecule has 36 heavy (non-hydrogen) atoms. The molecule has 10 nitrogen and oxygen atoms in total. The van der Waals surface area contributed by atoms with Crippen LogP contribution in [0.4, 0.5) is 4.79 Å². The van der Waals surface area contributed by atoms with E-state index in [2.05, 4.69) is 21.7 Å². The SMILES string of the molecule is CC(C)C1CCN(C(=O)C(NC(=O)NC(C)(C)C)C(C)(C)C)C1C(=O)NC(CC1CC1)C(=O)C([NH3+])=O. The molecule has 204 valence electrons. The standard InChI is InChI=1S/C26H45N5O5/c1-14(2)16-11-12-31(23(35)20(25(3,4)5)29-24(36)30-26(6,7)8)18(16)22(34)28-17(13-15-9-10-15)19(32)21(27)33/h14-18,20H,9-13H2,1-8H3,(H2,27,33)(H,28,34)(H2,29,30,36)/p+1. The largest absolute Gasteiger partial charge is 0.379 e. The molecule has 2 aliphatic rings. The Balaban J connectivity index is 2.31. The number of amides is 5. The van der Waals surface area contributed by atoms with Crippen LogP contribution in [0, 0.1) is 23.2 Å². The average Bonchev–Trinajstić information content (AvgIpc) is 3.41. The van der Waals surface area contributed by atoms with Crippen molar-refractivity contribution in [3.05, 3.63) is 0 Å². The molecular weight excluding hydrogens is 462 g/mol. The fourth-order valence-corrected chi connectivity index (χ4v) is 4.79. The summed E-state index contributed by atoms with van der Waals surface area (Å²) < 4.78 is 0. The number of urea groups is 1. The zero-order valence-electron chi connectivity index (χ0n) is 23.2. The van der Waals surface area contributed by atoms with E-state index >= 15 is 0 Å². The molecule has 0 radical (unpaired) electrons. The quantitative estimate of drug-likeness (QED) is 0.342. The van der Waals surface area contributed by atoms with Gasteiger partial charge in [0.2, 0.25) is 11.8 Å². The van der Waals surface area contributed by atoms with Gasteiger partial charge in [0.15, 0.2) is 0 Å². The molecule has 10 heteroatoms. The van der Waals surface area contributed by atoms with E-state index in [1.54, 1.807) is 0 Å². The summed E-state index contributed by atoms with van der Waals surface area (Å²) in [6, 6.07) is -3.06. The normalized spacial score (nSPS) is 22.1. The van der Waals surface area contributed by atoms with Crippen molar-refractivity contribution in [3.63, 3.8) is 0 Å². The third-order valence-corrected chi connectivity index (χ3v) is 6.90. The molecule has 0 aromatic rings. The van der Waals surface area contributed by atoms with E-state index in [1.807, 2.05) is 55.4 Å². The molecule has 0 bridgehead atoms. The highest BCUT2D eigenvalue weighted by atomic mass is 16.2. The van der Waals surface area contributed by atoms with E-state index < -0.39 is 52.7 Å². The van der Waals surface area contributed by atoms with Gasteiger partial charge in [-0.05, 0) is 56.8 Å². The van der Waals surface area contributed by atoms with E-state index in [0.29, 0.717) is 25.3 Å². The number of nitrogens with one attached hydrogen (secondary N) is 3. The van der Waals surface area contributed by atoms with Gasteiger partial charge in [0.1, 0.15) is 18.1 Å². The zero-order valence-corrected chi connectivity index (χ0v) is 23.2. The van der Waals surface area contributed by atoms with Crippen LogP contribution in [0.5, 0.6) is 0 Å². The van der Waals surface area contributed by atoms with Crippen molar-refractivity contribution in [1.29, 1.82) is 0 Å². The van der Waals surface area contributed by atoms with Gasteiger partial charge in [-0.15, -0.1) is 0 Å². The van der Waals surface area contributed by atoms with Gasteiger partial charge in [0.25, 0.3) is 5.78 Å². The molecule has 1 aliphatic heterocycles. The molecule has 0 aromatic heterocycles. The highest BCUT2D eigenvalue weighted by Gasteiger charge is 2.48. The van der Waals surface area contributed by atoms with Gasteiger partial charge in [-0.2, -0.15) is 0 Å². The Bertz CT molecular complexity index is 869.